The molecule has 0 saturated carbocycles. The zero-order valence-corrected chi connectivity index (χ0v) is 8.38. The fourth-order valence-corrected chi connectivity index (χ4v) is 0.918. The van der Waals surface area contributed by atoms with Gasteiger partial charge in [-0.1, -0.05) is 13.3 Å². The molecule has 0 radical (unpaired) electrons. The van der Waals surface area contributed by atoms with Gasteiger partial charge in [0, 0.05) is 0 Å². The van der Waals surface area contributed by atoms with E-state index < -0.39 is 6.04 Å². The quantitative estimate of drug-likeness (QED) is 0.447. The minimum Gasteiger partial charge on any atom is -0.465 e. The van der Waals surface area contributed by atoms with Crippen LogP contribution in [0.4, 0.5) is 0 Å². The van der Waals surface area contributed by atoms with E-state index >= 15 is 0 Å². The Bertz CT molecular complexity index is 139. The third kappa shape index (κ3) is 5.60. The van der Waals surface area contributed by atoms with Crippen LogP contribution in [-0.2, 0) is 9.53 Å². The van der Waals surface area contributed by atoms with Crippen LogP contribution in [0.2, 0.25) is 0 Å². The lowest BCUT2D eigenvalue weighted by Gasteiger charge is -2.13. The summed E-state index contributed by atoms with van der Waals surface area (Å²) >= 11 is 0. The molecule has 0 saturated heterocycles. The molecule has 2 N–H and O–H groups in total. The number of unbranched alkanes of at least 4 members (excludes halogenated alkanes) is 1. The third-order valence-corrected chi connectivity index (χ3v) is 1.67. The normalized spacial score (nSPS) is 12.5. The average molecular weight is 189 g/mol. The van der Waals surface area contributed by atoms with Crippen LogP contribution in [0.25, 0.3) is 0 Å². The summed E-state index contributed by atoms with van der Waals surface area (Å²) in [5, 5.41) is 11.8. The van der Waals surface area contributed by atoms with E-state index in [0.29, 0.717) is 6.61 Å². The van der Waals surface area contributed by atoms with Crippen molar-refractivity contribution in [3.8, 4) is 0 Å². The second-order valence-electron chi connectivity index (χ2n) is 2.79. The highest BCUT2D eigenvalue weighted by Crippen LogP contribution is 1.90. The lowest BCUT2D eigenvalue weighted by atomic mass is 10.3. The predicted octanol–water partition coefficient (Wildman–Crippen LogP) is 0.300. The highest BCUT2D eigenvalue weighted by Gasteiger charge is 2.16. The average Bonchev–Trinajstić information content (AvgIpc) is 2.13. The van der Waals surface area contributed by atoms with Crippen molar-refractivity contribution >= 4 is 5.97 Å². The van der Waals surface area contributed by atoms with E-state index in [1.165, 1.54) is 0 Å². The van der Waals surface area contributed by atoms with Gasteiger partial charge in [-0.3, -0.25) is 4.79 Å². The first-order valence-electron chi connectivity index (χ1n) is 4.77. The molecule has 4 heteroatoms. The van der Waals surface area contributed by atoms with Crippen LogP contribution < -0.4 is 5.32 Å². The molecule has 0 aromatic rings. The summed E-state index contributed by atoms with van der Waals surface area (Å²) in [4.78, 5) is 11.1. The number of aliphatic hydroxyl groups excluding tert-OH is 1. The standard InChI is InChI=1S/C9H19NO3/c1-3-5-6-10-8(7-11)9(12)13-4-2/h8,10-11H,3-7H2,1-2H3/t8-/m1/s1. The van der Waals surface area contributed by atoms with Crippen molar-refractivity contribution in [1.82, 2.24) is 5.32 Å². The summed E-state index contributed by atoms with van der Waals surface area (Å²) in [6.07, 6.45) is 2.06. The monoisotopic (exact) mass is 189 g/mol. The molecular weight excluding hydrogens is 170 g/mol. The number of hydrogen-bond acceptors (Lipinski definition) is 4. The number of esters is 1. The summed E-state index contributed by atoms with van der Waals surface area (Å²) in [5.74, 6) is -0.374. The van der Waals surface area contributed by atoms with E-state index in [1.807, 2.05) is 0 Å². The molecule has 0 unspecified atom stereocenters. The van der Waals surface area contributed by atoms with Gasteiger partial charge in [0.25, 0.3) is 0 Å². The molecule has 78 valence electrons. The van der Waals surface area contributed by atoms with E-state index in [9.17, 15) is 4.79 Å². The van der Waals surface area contributed by atoms with Crippen molar-refractivity contribution in [3.05, 3.63) is 0 Å². The minimum absolute atomic E-state index is 0.206. The first-order valence-corrected chi connectivity index (χ1v) is 4.77. The molecule has 4 nitrogen and oxygen atoms in total. The van der Waals surface area contributed by atoms with Gasteiger partial charge in [-0.05, 0) is 19.9 Å². The molecule has 0 bridgehead atoms. The number of nitrogens with one attached hydrogen (secondary N) is 1. The molecule has 0 aliphatic rings. The maximum Gasteiger partial charge on any atom is 0.325 e. The number of hydrogen-bond donors (Lipinski definition) is 2. The van der Waals surface area contributed by atoms with Crippen molar-refractivity contribution in [2.45, 2.75) is 32.7 Å². The molecule has 0 spiro atoms. The van der Waals surface area contributed by atoms with Crippen LogP contribution in [0.1, 0.15) is 26.7 Å². The first-order chi connectivity index (χ1) is 6.26. The number of rotatable bonds is 7. The predicted molar refractivity (Wildman–Crippen MR) is 50.4 cm³/mol. The second-order valence-corrected chi connectivity index (χ2v) is 2.79. The molecule has 0 aliphatic heterocycles. The van der Waals surface area contributed by atoms with Crippen LogP contribution in [0.5, 0.6) is 0 Å². The Morgan fingerprint density at radius 3 is 2.69 bits per heavy atom. The van der Waals surface area contributed by atoms with Gasteiger partial charge in [-0.25, -0.2) is 0 Å². The Balaban J connectivity index is 3.67. The number of carbonyl (C=O) groups is 1. The molecule has 1 atom stereocenters. The Morgan fingerprint density at radius 1 is 1.54 bits per heavy atom. The van der Waals surface area contributed by atoms with E-state index in [2.05, 4.69) is 12.2 Å². The lowest BCUT2D eigenvalue weighted by molar-refractivity contribution is -0.146. The van der Waals surface area contributed by atoms with Crippen LogP contribution in [0.3, 0.4) is 0 Å². The summed E-state index contributed by atoms with van der Waals surface area (Å²) in [6.45, 7) is 4.70. The van der Waals surface area contributed by atoms with E-state index in [4.69, 9.17) is 9.84 Å². The van der Waals surface area contributed by atoms with Crippen molar-refractivity contribution < 1.29 is 14.6 Å². The summed E-state index contributed by atoms with van der Waals surface area (Å²) in [6, 6.07) is -0.563. The van der Waals surface area contributed by atoms with Gasteiger partial charge in [-0.2, -0.15) is 0 Å². The summed E-state index contributed by atoms with van der Waals surface area (Å²) < 4.78 is 4.76. The Morgan fingerprint density at radius 2 is 2.23 bits per heavy atom. The van der Waals surface area contributed by atoms with Gasteiger partial charge >= 0.3 is 5.97 Å². The lowest BCUT2D eigenvalue weighted by Crippen LogP contribution is -2.41. The molecule has 0 heterocycles. The highest BCUT2D eigenvalue weighted by molar-refractivity contribution is 5.75. The maximum atomic E-state index is 11.1. The first kappa shape index (κ1) is 12.4. The fourth-order valence-electron chi connectivity index (χ4n) is 0.918. The molecule has 0 aromatic heterocycles. The Kier molecular flexibility index (Phi) is 7.63. The maximum absolute atomic E-state index is 11.1. The smallest absolute Gasteiger partial charge is 0.325 e. The second kappa shape index (κ2) is 8.01. The third-order valence-electron chi connectivity index (χ3n) is 1.67. The SMILES string of the molecule is CCCCN[C@H](CO)C(=O)OCC. The van der Waals surface area contributed by atoms with Gasteiger partial charge < -0.3 is 15.2 Å². The zero-order chi connectivity index (χ0) is 10.1. The number of aliphatic hydroxyl groups is 1. The molecule has 0 aromatic carbocycles. The van der Waals surface area contributed by atoms with E-state index in [0.717, 1.165) is 19.4 Å². The topological polar surface area (TPSA) is 58.6 Å². The molecule has 0 fully saturated rings. The van der Waals surface area contributed by atoms with Gasteiger partial charge in [-0.15, -0.1) is 0 Å². The van der Waals surface area contributed by atoms with Gasteiger partial charge in [0.2, 0.25) is 0 Å². The summed E-state index contributed by atoms with van der Waals surface area (Å²) in [5.41, 5.74) is 0. The molecule has 0 rings (SSSR count). The van der Waals surface area contributed by atoms with Crippen LogP contribution in [0.15, 0.2) is 0 Å². The van der Waals surface area contributed by atoms with E-state index in [1.54, 1.807) is 6.92 Å². The van der Waals surface area contributed by atoms with Gasteiger partial charge in [0.15, 0.2) is 0 Å². The molecule has 0 amide bonds. The number of carbonyl (C=O) groups excluding carboxylic acids is 1. The van der Waals surface area contributed by atoms with Gasteiger partial charge in [0.05, 0.1) is 13.2 Å². The van der Waals surface area contributed by atoms with Crippen LogP contribution in [-0.4, -0.2) is 36.9 Å². The Labute approximate surface area is 79.3 Å². The van der Waals surface area contributed by atoms with Crippen molar-refractivity contribution in [3.63, 3.8) is 0 Å². The molecule has 13 heavy (non-hydrogen) atoms. The molecule has 0 aliphatic carbocycles. The highest BCUT2D eigenvalue weighted by atomic mass is 16.5. The zero-order valence-electron chi connectivity index (χ0n) is 8.38. The Hall–Kier alpha value is -0.610. The minimum atomic E-state index is -0.563. The van der Waals surface area contributed by atoms with Crippen molar-refractivity contribution in [1.29, 1.82) is 0 Å². The fraction of sp³-hybridized carbons (Fsp3) is 0.889. The molecular formula is C9H19NO3. The van der Waals surface area contributed by atoms with Crippen LogP contribution >= 0.6 is 0 Å². The van der Waals surface area contributed by atoms with E-state index in [-0.39, 0.29) is 12.6 Å². The van der Waals surface area contributed by atoms with Crippen molar-refractivity contribution in [2.24, 2.45) is 0 Å². The van der Waals surface area contributed by atoms with Gasteiger partial charge in [0.1, 0.15) is 6.04 Å². The number of ether oxygens (including phenoxy) is 1. The largest absolute Gasteiger partial charge is 0.465 e. The van der Waals surface area contributed by atoms with Crippen LogP contribution in [0, 0.1) is 0 Å². The van der Waals surface area contributed by atoms with Crippen molar-refractivity contribution in [2.75, 3.05) is 19.8 Å². The summed E-state index contributed by atoms with van der Waals surface area (Å²) in [7, 11) is 0.